The smallest absolute Gasteiger partial charge is 0.322 e. The summed E-state index contributed by atoms with van der Waals surface area (Å²) in [5.74, 6) is 2.16. The number of aromatic nitrogens is 2. The minimum atomic E-state index is -0.257. The van der Waals surface area contributed by atoms with Gasteiger partial charge in [0, 0.05) is 36.0 Å². The summed E-state index contributed by atoms with van der Waals surface area (Å²) in [5, 5.41) is 6.99. The molecule has 1 saturated heterocycles. The summed E-state index contributed by atoms with van der Waals surface area (Å²) in [4.78, 5) is 19.2. The number of amides is 2. The van der Waals surface area contributed by atoms with E-state index in [1.54, 1.807) is 37.3 Å². The fourth-order valence-corrected chi connectivity index (χ4v) is 3.42. The number of likely N-dealkylation sites (tertiary alicyclic amines) is 1. The number of urea groups is 1. The first-order valence-electron chi connectivity index (χ1n) is 9.37. The molecule has 0 radical (unpaired) electrons. The van der Waals surface area contributed by atoms with E-state index in [-0.39, 0.29) is 12.1 Å². The molecule has 0 aliphatic carbocycles. The van der Waals surface area contributed by atoms with Gasteiger partial charge in [-0.25, -0.2) is 4.79 Å². The number of benzene rings is 2. The van der Waals surface area contributed by atoms with Crippen LogP contribution < -0.4 is 14.8 Å². The van der Waals surface area contributed by atoms with Crippen LogP contribution in [0.4, 0.5) is 10.5 Å². The van der Waals surface area contributed by atoms with E-state index in [1.165, 1.54) is 0 Å². The van der Waals surface area contributed by atoms with Gasteiger partial charge < -0.3 is 24.2 Å². The monoisotopic (exact) mass is 394 g/mol. The number of hydrogen-bond acceptors (Lipinski definition) is 6. The largest absolute Gasteiger partial charge is 0.497 e. The Morgan fingerprint density at radius 1 is 1.14 bits per heavy atom. The predicted molar refractivity (Wildman–Crippen MR) is 107 cm³/mol. The van der Waals surface area contributed by atoms with Gasteiger partial charge in [-0.3, -0.25) is 0 Å². The van der Waals surface area contributed by atoms with E-state index in [1.807, 2.05) is 30.3 Å². The second kappa shape index (κ2) is 8.22. The van der Waals surface area contributed by atoms with Gasteiger partial charge >= 0.3 is 6.03 Å². The van der Waals surface area contributed by atoms with Crippen molar-refractivity contribution in [3.05, 3.63) is 54.4 Å². The van der Waals surface area contributed by atoms with Gasteiger partial charge in [-0.05, 0) is 12.8 Å². The van der Waals surface area contributed by atoms with Gasteiger partial charge in [-0.1, -0.05) is 35.5 Å². The molecule has 1 unspecified atom stereocenters. The average molecular weight is 394 g/mol. The van der Waals surface area contributed by atoms with E-state index in [0.717, 1.165) is 18.4 Å². The number of ether oxygens (including phenoxy) is 2. The molecule has 1 aromatic heterocycles. The van der Waals surface area contributed by atoms with Crippen LogP contribution in [0.25, 0.3) is 11.4 Å². The molecule has 4 rings (SSSR count). The molecule has 1 atom stereocenters. The first-order chi connectivity index (χ1) is 14.2. The van der Waals surface area contributed by atoms with E-state index >= 15 is 0 Å². The molecule has 2 amide bonds. The number of methoxy groups -OCH3 is 2. The van der Waals surface area contributed by atoms with Crippen molar-refractivity contribution >= 4 is 11.7 Å². The second-order valence-corrected chi connectivity index (χ2v) is 6.71. The van der Waals surface area contributed by atoms with Crippen LogP contribution in [0.15, 0.2) is 53.1 Å². The highest BCUT2D eigenvalue weighted by Gasteiger charge is 2.34. The van der Waals surface area contributed by atoms with Gasteiger partial charge in [-0.15, -0.1) is 0 Å². The molecule has 150 valence electrons. The van der Waals surface area contributed by atoms with E-state index in [0.29, 0.717) is 35.4 Å². The number of anilines is 1. The van der Waals surface area contributed by atoms with Crippen LogP contribution in [-0.2, 0) is 0 Å². The maximum Gasteiger partial charge on any atom is 0.322 e. The lowest BCUT2D eigenvalue weighted by atomic mass is 10.2. The van der Waals surface area contributed by atoms with Crippen LogP contribution in [0.5, 0.6) is 11.5 Å². The summed E-state index contributed by atoms with van der Waals surface area (Å²) in [6.07, 6.45) is 1.63. The van der Waals surface area contributed by atoms with Gasteiger partial charge in [0.1, 0.15) is 17.5 Å². The van der Waals surface area contributed by atoms with Gasteiger partial charge in [0.2, 0.25) is 11.7 Å². The molecule has 2 aromatic carbocycles. The highest BCUT2D eigenvalue weighted by Crippen LogP contribution is 2.33. The Kier molecular flexibility index (Phi) is 5.33. The zero-order chi connectivity index (χ0) is 20.2. The fraction of sp³-hybridized carbons (Fsp3) is 0.286. The maximum atomic E-state index is 12.9. The molecular formula is C21H22N4O4. The number of carbonyl (C=O) groups is 1. The third-order valence-corrected chi connectivity index (χ3v) is 4.88. The van der Waals surface area contributed by atoms with E-state index < -0.39 is 0 Å². The summed E-state index contributed by atoms with van der Waals surface area (Å²) in [7, 11) is 3.13. The molecule has 29 heavy (non-hydrogen) atoms. The normalized spacial score (nSPS) is 15.9. The molecule has 2 heterocycles. The van der Waals surface area contributed by atoms with Crippen molar-refractivity contribution in [1.82, 2.24) is 15.0 Å². The molecule has 8 heteroatoms. The molecule has 1 fully saturated rings. The molecule has 1 aliphatic heterocycles. The molecule has 0 bridgehead atoms. The Balaban J connectivity index is 1.51. The first-order valence-corrected chi connectivity index (χ1v) is 9.37. The summed E-state index contributed by atoms with van der Waals surface area (Å²) in [6, 6.07) is 14.4. The lowest BCUT2D eigenvalue weighted by molar-refractivity contribution is 0.193. The fourth-order valence-electron chi connectivity index (χ4n) is 3.42. The standard InChI is InChI=1S/C21H22N4O4/c1-27-16-11-15(12-17(13-16)28-2)22-21(26)25-10-6-9-18(25)20-23-19(24-29-20)14-7-4-3-5-8-14/h3-5,7-8,11-13,18H,6,9-10H2,1-2H3,(H,22,26). The summed E-state index contributed by atoms with van der Waals surface area (Å²) in [5.41, 5.74) is 1.47. The third-order valence-electron chi connectivity index (χ3n) is 4.88. The topological polar surface area (TPSA) is 89.7 Å². The van der Waals surface area contributed by atoms with Crippen LogP contribution in [0.3, 0.4) is 0 Å². The summed E-state index contributed by atoms with van der Waals surface area (Å²) >= 11 is 0. The Morgan fingerprint density at radius 2 is 1.86 bits per heavy atom. The molecular weight excluding hydrogens is 372 g/mol. The Bertz CT molecular complexity index is 967. The lowest BCUT2D eigenvalue weighted by Gasteiger charge is -2.22. The zero-order valence-electron chi connectivity index (χ0n) is 16.3. The van der Waals surface area contributed by atoms with Crippen molar-refractivity contribution in [3.63, 3.8) is 0 Å². The van der Waals surface area contributed by atoms with Crippen LogP contribution in [0.2, 0.25) is 0 Å². The van der Waals surface area contributed by atoms with Crippen molar-refractivity contribution in [2.24, 2.45) is 0 Å². The van der Waals surface area contributed by atoms with E-state index in [4.69, 9.17) is 14.0 Å². The molecule has 8 nitrogen and oxygen atoms in total. The van der Waals surface area contributed by atoms with Crippen molar-refractivity contribution in [3.8, 4) is 22.9 Å². The van der Waals surface area contributed by atoms with Gasteiger partial charge in [0.15, 0.2) is 0 Å². The molecule has 0 spiro atoms. The zero-order valence-corrected chi connectivity index (χ0v) is 16.3. The maximum absolute atomic E-state index is 12.9. The van der Waals surface area contributed by atoms with E-state index in [9.17, 15) is 4.79 Å². The predicted octanol–water partition coefficient (Wildman–Crippen LogP) is 4.12. The number of rotatable bonds is 5. The number of carbonyl (C=O) groups excluding carboxylic acids is 1. The highest BCUT2D eigenvalue weighted by molar-refractivity contribution is 5.90. The summed E-state index contributed by atoms with van der Waals surface area (Å²) in [6.45, 7) is 0.612. The quantitative estimate of drug-likeness (QED) is 0.700. The molecule has 1 aliphatic rings. The Hall–Kier alpha value is -3.55. The number of nitrogens with zero attached hydrogens (tertiary/aromatic N) is 3. The van der Waals surface area contributed by atoms with Crippen molar-refractivity contribution in [2.75, 3.05) is 26.1 Å². The van der Waals surface area contributed by atoms with Gasteiger partial charge in [0.25, 0.3) is 0 Å². The average Bonchev–Trinajstić information content (AvgIpc) is 3.43. The third kappa shape index (κ3) is 4.01. The van der Waals surface area contributed by atoms with Gasteiger partial charge in [-0.2, -0.15) is 4.98 Å². The number of nitrogens with one attached hydrogen (secondary N) is 1. The van der Waals surface area contributed by atoms with Crippen molar-refractivity contribution in [2.45, 2.75) is 18.9 Å². The summed E-state index contributed by atoms with van der Waals surface area (Å²) < 4.78 is 16.0. The Labute approximate surface area is 168 Å². The molecule has 3 aromatic rings. The number of hydrogen-bond donors (Lipinski definition) is 1. The second-order valence-electron chi connectivity index (χ2n) is 6.71. The minimum absolute atomic E-state index is 0.234. The van der Waals surface area contributed by atoms with E-state index in [2.05, 4.69) is 15.5 Å². The van der Waals surface area contributed by atoms with Crippen molar-refractivity contribution in [1.29, 1.82) is 0 Å². The van der Waals surface area contributed by atoms with Crippen molar-refractivity contribution < 1.29 is 18.8 Å². The first kappa shape index (κ1) is 18.8. The molecule has 1 N–H and O–H groups in total. The SMILES string of the molecule is COc1cc(NC(=O)N2CCCC2c2nc(-c3ccccc3)no2)cc(OC)c1. The minimum Gasteiger partial charge on any atom is -0.497 e. The molecule has 0 saturated carbocycles. The van der Waals surface area contributed by atoms with Crippen LogP contribution in [-0.4, -0.2) is 41.8 Å². The Morgan fingerprint density at radius 3 is 2.55 bits per heavy atom. The van der Waals surface area contributed by atoms with Gasteiger partial charge in [0.05, 0.1) is 14.2 Å². The lowest BCUT2D eigenvalue weighted by Crippen LogP contribution is -2.34. The van der Waals surface area contributed by atoms with Crippen LogP contribution in [0, 0.1) is 0 Å². The van der Waals surface area contributed by atoms with Crippen LogP contribution >= 0.6 is 0 Å². The highest BCUT2D eigenvalue weighted by atomic mass is 16.5. The van der Waals surface area contributed by atoms with Crippen LogP contribution in [0.1, 0.15) is 24.8 Å².